The lowest BCUT2D eigenvalue weighted by Crippen LogP contribution is -2.27. The van der Waals surface area contributed by atoms with Crippen molar-refractivity contribution in [2.45, 2.75) is 6.54 Å². The molecule has 0 saturated heterocycles. The number of hydrogen-bond acceptors (Lipinski definition) is 4. The minimum absolute atomic E-state index is 0.211. The van der Waals surface area contributed by atoms with Gasteiger partial charge in [0.25, 0.3) is 11.8 Å². The Balaban J connectivity index is 1.38. The predicted molar refractivity (Wildman–Crippen MR) is 115 cm³/mol. The number of anilines is 1. The van der Waals surface area contributed by atoms with E-state index in [0.29, 0.717) is 29.5 Å². The van der Waals surface area contributed by atoms with Crippen LogP contribution in [0.2, 0.25) is 5.02 Å². The van der Waals surface area contributed by atoms with Crippen LogP contribution in [0.15, 0.2) is 60.9 Å². The molecule has 2 heterocycles. The molecule has 8 nitrogen and oxygen atoms in total. The summed E-state index contributed by atoms with van der Waals surface area (Å²) in [5, 5.41) is 10.1. The second kappa shape index (κ2) is 8.38. The number of hydrogen-bond donors (Lipinski definition) is 2. The highest BCUT2D eigenvalue weighted by Crippen LogP contribution is 2.17. The quantitative estimate of drug-likeness (QED) is 0.499. The Morgan fingerprint density at radius 2 is 1.83 bits per heavy atom. The molecule has 0 saturated carbocycles. The highest BCUT2D eigenvalue weighted by Gasteiger charge is 2.16. The third kappa shape index (κ3) is 4.04. The molecule has 2 aromatic carbocycles. The number of carbonyl (C=O) groups is 2. The first-order valence-corrected chi connectivity index (χ1v) is 9.69. The van der Waals surface area contributed by atoms with Gasteiger partial charge in [-0.3, -0.25) is 14.3 Å². The van der Waals surface area contributed by atoms with Gasteiger partial charge in [-0.25, -0.2) is 4.98 Å². The number of nitrogens with one attached hydrogen (secondary N) is 2. The number of benzene rings is 2. The highest BCUT2D eigenvalue weighted by molar-refractivity contribution is 6.34. The van der Waals surface area contributed by atoms with Crippen LogP contribution in [0.4, 0.5) is 5.82 Å². The van der Waals surface area contributed by atoms with E-state index in [1.54, 1.807) is 37.6 Å². The molecule has 9 heteroatoms. The van der Waals surface area contributed by atoms with E-state index in [1.165, 1.54) is 10.7 Å². The van der Waals surface area contributed by atoms with E-state index in [1.807, 2.05) is 28.8 Å². The number of amides is 2. The van der Waals surface area contributed by atoms with Crippen molar-refractivity contribution in [3.8, 4) is 0 Å². The summed E-state index contributed by atoms with van der Waals surface area (Å²) in [6, 6.07) is 16.1. The van der Waals surface area contributed by atoms with Crippen LogP contribution in [0, 0.1) is 0 Å². The predicted octanol–water partition coefficient (Wildman–Crippen LogP) is 3.11. The van der Waals surface area contributed by atoms with E-state index in [4.69, 9.17) is 11.6 Å². The van der Waals surface area contributed by atoms with Crippen LogP contribution in [0.5, 0.6) is 0 Å². The normalized spacial score (nSPS) is 10.9. The fraction of sp³-hybridized carbons (Fsp3) is 0.143. The summed E-state index contributed by atoms with van der Waals surface area (Å²) < 4.78 is 3.41. The molecule has 0 aliphatic carbocycles. The second-order valence-corrected chi connectivity index (χ2v) is 7.06. The van der Waals surface area contributed by atoms with Crippen LogP contribution in [-0.2, 0) is 13.6 Å². The van der Waals surface area contributed by atoms with Crippen molar-refractivity contribution in [3.63, 3.8) is 0 Å². The van der Waals surface area contributed by atoms with Gasteiger partial charge in [-0.05, 0) is 24.3 Å². The van der Waals surface area contributed by atoms with Crippen LogP contribution < -0.4 is 10.6 Å². The number of halogens is 1. The Labute approximate surface area is 177 Å². The van der Waals surface area contributed by atoms with Gasteiger partial charge < -0.3 is 15.2 Å². The van der Waals surface area contributed by atoms with Crippen LogP contribution in [-0.4, -0.2) is 37.7 Å². The molecule has 30 heavy (non-hydrogen) atoms. The number of para-hydroxylation sites is 2. The Morgan fingerprint density at radius 1 is 1.07 bits per heavy atom. The highest BCUT2D eigenvalue weighted by atomic mass is 35.5. The number of fused-ring (bicyclic) bond motifs is 1. The molecule has 0 unspecified atom stereocenters. The van der Waals surface area contributed by atoms with Gasteiger partial charge in [-0.2, -0.15) is 5.10 Å². The Morgan fingerprint density at radius 3 is 2.67 bits per heavy atom. The van der Waals surface area contributed by atoms with E-state index in [9.17, 15) is 9.59 Å². The molecule has 2 amide bonds. The smallest absolute Gasteiger partial charge is 0.271 e. The maximum atomic E-state index is 12.5. The standard InChI is InChI=1S/C21H19ClN6O2/c1-27-19(25-20(29)14-6-2-3-7-15(14)22)12-17(26-27)21(30)23-10-11-28-13-24-16-8-4-5-9-18(16)28/h2-9,12-13H,10-11H2,1H3,(H,23,30)(H,25,29). The first-order valence-electron chi connectivity index (χ1n) is 9.31. The first-order chi connectivity index (χ1) is 14.5. The molecule has 0 fully saturated rings. The second-order valence-electron chi connectivity index (χ2n) is 6.65. The Bertz CT molecular complexity index is 1230. The zero-order chi connectivity index (χ0) is 21.1. The molecule has 0 atom stereocenters. The molecule has 4 aromatic rings. The third-order valence-electron chi connectivity index (χ3n) is 4.64. The van der Waals surface area contributed by atoms with Gasteiger partial charge in [0.2, 0.25) is 0 Å². The van der Waals surface area contributed by atoms with Gasteiger partial charge in [-0.15, -0.1) is 0 Å². The third-order valence-corrected chi connectivity index (χ3v) is 4.97. The van der Waals surface area contributed by atoms with E-state index in [0.717, 1.165) is 11.0 Å². The minimum Gasteiger partial charge on any atom is -0.349 e. The summed E-state index contributed by atoms with van der Waals surface area (Å²) in [6.45, 7) is 0.992. The number of nitrogens with zero attached hydrogens (tertiary/aromatic N) is 4. The van der Waals surface area contributed by atoms with Crippen molar-refractivity contribution >= 4 is 40.3 Å². The molecule has 2 aromatic heterocycles. The first kappa shape index (κ1) is 19.7. The summed E-state index contributed by atoms with van der Waals surface area (Å²) in [5.74, 6) is -0.304. The van der Waals surface area contributed by atoms with Crippen molar-refractivity contribution in [1.29, 1.82) is 0 Å². The van der Waals surface area contributed by atoms with E-state index >= 15 is 0 Å². The molecule has 0 bridgehead atoms. The maximum Gasteiger partial charge on any atom is 0.271 e. The summed E-state index contributed by atoms with van der Waals surface area (Å²) in [6.07, 6.45) is 1.75. The molecule has 0 radical (unpaired) electrons. The number of aryl methyl sites for hydroxylation is 1. The lowest BCUT2D eigenvalue weighted by molar-refractivity contribution is 0.0946. The number of imidazole rings is 1. The largest absolute Gasteiger partial charge is 0.349 e. The molecule has 2 N–H and O–H groups in total. The lowest BCUT2D eigenvalue weighted by Gasteiger charge is -2.06. The fourth-order valence-electron chi connectivity index (χ4n) is 3.09. The van der Waals surface area contributed by atoms with Crippen LogP contribution >= 0.6 is 11.6 Å². The van der Waals surface area contributed by atoms with Crippen molar-refractivity contribution < 1.29 is 9.59 Å². The van der Waals surface area contributed by atoms with Gasteiger partial charge in [0.15, 0.2) is 5.69 Å². The minimum atomic E-state index is -0.373. The average molecular weight is 423 g/mol. The average Bonchev–Trinajstić information content (AvgIpc) is 3.32. The summed E-state index contributed by atoms with van der Waals surface area (Å²) in [5.41, 5.74) is 2.47. The SMILES string of the molecule is Cn1nc(C(=O)NCCn2cnc3ccccc32)cc1NC(=O)c1ccccc1Cl. The van der Waals surface area contributed by atoms with Gasteiger partial charge in [0, 0.05) is 26.2 Å². The van der Waals surface area contributed by atoms with E-state index in [-0.39, 0.29) is 17.5 Å². The van der Waals surface area contributed by atoms with Gasteiger partial charge >= 0.3 is 0 Å². The topological polar surface area (TPSA) is 93.8 Å². The van der Waals surface area contributed by atoms with Gasteiger partial charge in [0.05, 0.1) is 27.9 Å². The van der Waals surface area contributed by atoms with Crippen molar-refractivity contribution in [2.75, 3.05) is 11.9 Å². The van der Waals surface area contributed by atoms with Gasteiger partial charge in [0.1, 0.15) is 5.82 Å². The maximum absolute atomic E-state index is 12.5. The Hall–Kier alpha value is -3.65. The molecule has 0 aliphatic rings. The number of aromatic nitrogens is 4. The van der Waals surface area contributed by atoms with Crippen LogP contribution in [0.3, 0.4) is 0 Å². The molecular weight excluding hydrogens is 404 g/mol. The van der Waals surface area contributed by atoms with E-state index < -0.39 is 0 Å². The van der Waals surface area contributed by atoms with Crippen molar-refractivity contribution in [3.05, 3.63) is 77.2 Å². The monoisotopic (exact) mass is 422 g/mol. The van der Waals surface area contributed by atoms with Crippen molar-refractivity contribution in [2.24, 2.45) is 7.05 Å². The van der Waals surface area contributed by atoms with Crippen LogP contribution in [0.1, 0.15) is 20.8 Å². The Kier molecular flexibility index (Phi) is 5.49. The molecule has 152 valence electrons. The van der Waals surface area contributed by atoms with Crippen molar-refractivity contribution in [1.82, 2.24) is 24.6 Å². The zero-order valence-electron chi connectivity index (χ0n) is 16.2. The summed E-state index contributed by atoms with van der Waals surface area (Å²) in [7, 11) is 1.65. The number of rotatable bonds is 6. The summed E-state index contributed by atoms with van der Waals surface area (Å²) in [4.78, 5) is 29.2. The van der Waals surface area contributed by atoms with E-state index in [2.05, 4.69) is 20.7 Å². The zero-order valence-corrected chi connectivity index (χ0v) is 16.9. The molecule has 0 aliphatic heterocycles. The molecule has 0 spiro atoms. The number of carbonyl (C=O) groups excluding carboxylic acids is 2. The molecule has 4 rings (SSSR count). The van der Waals surface area contributed by atoms with Crippen LogP contribution in [0.25, 0.3) is 11.0 Å². The van der Waals surface area contributed by atoms with Gasteiger partial charge in [-0.1, -0.05) is 35.9 Å². The molecular formula is C21H19ClN6O2. The summed E-state index contributed by atoms with van der Waals surface area (Å²) >= 11 is 6.06. The fourth-order valence-corrected chi connectivity index (χ4v) is 3.31. The lowest BCUT2D eigenvalue weighted by atomic mass is 10.2.